The van der Waals surface area contributed by atoms with Crippen LogP contribution < -0.4 is 10.5 Å². The molecular weight excluding hydrogens is 224 g/mol. The van der Waals surface area contributed by atoms with Crippen molar-refractivity contribution in [1.29, 1.82) is 0 Å². The summed E-state index contributed by atoms with van der Waals surface area (Å²) in [6, 6.07) is 7.69. The van der Waals surface area contributed by atoms with Crippen LogP contribution in [0.5, 0.6) is 0 Å². The predicted octanol–water partition coefficient (Wildman–Crippen LogP) is 1.69. The van der Waals surface area contributed by atoms with Crippen LogP contribution in [0.4, 0.5) is 5.69 Å². The molecule has 0 amide bonds. The third-order valence-electron chi connectivity index (χ3n) is 2.35. The number of benzene rings is 1. The lowest BCUT2D eigenvalue weighted by atomic mass is 10.2. The summed E-state index contributed by atoms with van der Waals surface area (Å²) in [5.74, 6) is -0.114. The molecule has 1 aromatic rings. The Balaban J connectivity index is 2.68. The number of rotatable bonds is 5. The summed E-state index contributed by atoms with van der Waals surface area (Å²) in [6.07, 6.45) is 1.04. The number of primary sulfonamides is 1. The largest absolute Gasteiger partial charge is 0.383 e. The van der Waals surface area contributed by atoms with E-state index in [-0.39, 0.29) is 5.75 Å². The van der Waals surface area contributed by atoms with Crippen LogP contribution in [0.2, 0.25) is 0 Å². The van der Waals surface area contributed by atoms with E-state index in [0.717, 1.165) is 12.1 Å². The Morgan fingerprint density at radius 3 is 2.31 bits per heavy atom. The van der Waals surface area contributed by atoms with E-state index in [9.17, 15) is 8.42 Å². The van der Waals surface area contributed by atoms with Gasteiger partial charge < -0.3 is 5.32 Å². The van der Waals surface area contributed by atoms with Gasteiger partial charge in [0.2, 0.25) is 10.0 Å². The fraction of sp³-hybridized carbons (Fsp3) is 0.455. The first kappa shape index (κ1) is 13.0. The Bertz CT molecular complexity index is 426. The maximum Gasteiger partial charge on any atom is 0.213 e. The zero-order chi connectivity index (χ0) is 12.2. The summed E-state index contributed by atoms with van der Waals surface area (Å²) >= 11 is 0. The van der Waals surface area contributed by atoms with E-state index < -0.39 is 10.0 Å². The molecule has 0 heterocycles. The molecule has 1 rings (SSSR count). The van der Waals surface area contributed by atoms with Crippen molar-refractivity contribution >= 4 is 15.7 Å². The standard InChI is InChI=1S/C11H18N2O2S/c1-3-9(2)13-11-6-4-10(5-7-11)8-16(12,14)15/h4-7,9,13H,3,8H2,1-2H3,(H2,12,14,15). The van der Waals surface area contributed by atoms with Crippen molar-refractivity contribution in [2.24, 2.45) is 5.14 Å². The topological polar surface area (TPSA) is 72.2 Å². The lowest BCUT2D eigenvalue weighted by molar-refractivity contribution is 0.597. The van der Waals surface area contributed by atoms with Crippen LogP contribution in [0.3, 0.4) is 0 Å². The Morgan fingerprint density at radius 2 is 1.88 bits per heavy atom. The second-order valence-corrected chi connectivity index (χ2v) is 5.57. The number of anilines is 1. The van der Waals surface area contributed by atoms with E-state index in [0.29, 0.717) is 11.6 Å². The smallest absolute Gasteiger partial charge is 0.213 e. The van der Waals surface area contributed by atoms with Gasteiger partial charge in [0.25, 0.3) is 0 Å². The first-order chi connectivity index (χ1) is 7.40. The highest BCUT2D eigenvalue weighted by atomic mass is 32.2. The molecule has 16 heavy (non-hydrogen) atoms. The minimum absolute atomic E-state index is 0.114. The van der Waals surface area contributed by atoms with Crippen molar-refractivity contribution in [3.63, 3.8) is 0 Å². The van der Waals surface area contributed by atoms with Gasteiger partial charge in [0.15, 0.2) is 0 Å². The molecule has 0 saturated carbocycles. The second kappa shape index (κ2) is 5.32. The van der Waals surface area contributed by atoms with Crippen molar-refractivity contribution in [2.75, 3.05) is 5.32 Å². The van der Waals surface area contributed by atoms with Gasteiger partial charge >= 0.3 is 0 Å². The summed E-state index contributed by atoms with van der Waals surface area (Å²) < 4.78 is 21.7. The van der Waals surface area contributed by atoms with Crippen LogP contribution in [-0.4, -0.2) is 14.5 Å². The molecule has 0 radical (unpaired) electrons. The van der Waals surface area contributed by atoms with Crippen molar-refractivity contribution in [1.82, 2.24) is 0 Å². The number of nitrogens with one attached hydrogen (secondary N) is 1. The first-order valence-corrected chi connectivity index (χ1v) is 6.98. The van der Waals surface area contributed by atoms with Crippen LogP contribution in [0, 0.1) is 0 Å². The number of hydrogen-bond acceptors (Lipinski definition) is 3. The molecule has 0 spiro atoms. The maximum atomic E-state index is 10.9. The zero-order valence-electron chi connectivity index (χ0n) is 9.60. The highest BCUT2D eigenvalue weighted by Gasteiger charge is 2.05. The van der Waals surface area contributed by atoms with Crippen LogP contribution in [0.25, 0.3) is 0 Å². The summed E-state index contributed by atoms with van der Waals surface area (Å²) in [5.41, 5.74) is 1.70. The van der Waals surface area contributed by atoms with E-state index in [1.165, 1.54) is 0 Å². The third-order valence-corrected chi connectivity index (χ3v) is 3.08. The molecule has 1 unspecified atom stereocenters. The monoisotopic (exact) mass is 242 g/mol. The molecule has 0 aromatic heterocycles. The third kappa shape index (κ3) is 4.63. The number of hydrogen-bond donors (Lipinski definition) is 2. The molecule has 3 N–H and O–H groups in total. The van der Waals surface area contributed by atoms with Gasteiger partial charge in [-0.3, -0.25) is 0 Å². The highest BCUT2D eigenvalue weighted by Crippen LogP contribution is 2.12. The molecule has 5 heteroatoms. The minimum atomic E-state index is -3.44. The Morgan fingerprint density at radius 1 is 1.31 bits per heavy atom. The SMILES string of the molecule is CCC(C)Nc1ccc(CS(N)(=O)=O)cc1. The summed E-state index contributed by atoms with van der Waals surface area (Å²) in [6.45, 7) is 4.20. The van der Waals surface area contributed by atoms with Gasteiger partial charge in [-0.15, -0.1) is 0 Å². The van der Waals surface area contributed by atoms with Crippen LogP contribution >= 0.6 is 0 Å². The van der Waals surface area contributed by atoms with Gasteiger partial charge in [-0.25, -0.2) is 13.6 Å². The molecule has 0 aliphatic carbocycles. The van der Waals surface area contributed by atoms with Crippen LogP contribution in [0.15, 0.2) is 24.3 Å². The van der Waals surface area contributed by atoms with E-state index in [1.54, 1.807) is 12.1 Å². The molecule has 0 fully saturated rings. The Labute approximate surface area is 96.9 Å². The fourth-order valence-electron chi connectivity index (χ4n) is 1.32. The molecule has 0 aliphatic heterocycles. The van der Waals surface area contributed by atoms with Gasteiger partial charge in [0.05, 0.1) is 5.75 Å². The average molecular weight is 242 g/mol. The Kier molecular flexibility index (Phi) is 4.32. The number of sulfonamides is 1. The van der Waals surface area contributed by atoms with E-state index in [4.69, 9.17) is 5.14 Å². The molecular formula is C11H18N2O2S. The molecule has 4 nitrogen and oxygen atoms in total. The molecule has 1 aromatic carbocycles. The fourth-order valence-corrected chi connectivity index (χ4v) is 1.97. The average Bonchev–Trinajstić information content (AvgIpc) is 2.18. The molecule has 90 valence electrons. The summed E-state index contributed by atoms with van der Waals surface area (Å²) in [5, 5.41) is 8.27. The molecule has 0 saturated heterocycles. The van der Waals surface area contributed by atoms with E-state index in [2.05, 4.69) is 19.2 Å². The normalized spacial score (nSPS) is 13.4. The van der Waals surface area contributed by atoms with Gasteiger partial charge in [0, 0.05) is 11.7 Å². The summed E-state index contributed by atoms with van der Waals surface area (Å²) in [4.78, 5) is 0. The maximum absolute atomic E-state index is 10.9. The van der Waals surface area contributed by atoms with Crippen molar-refractivity contribution in [3.05, 3.63) is 29.8 Å². The quantitative estimate of drug-likeness (QED) is 0.825. The van der Waals surface area contributed by atoms with Gasteiger partial charge in [-0.1, -0.05) is 19.1 Å². The molecule has 0 aliphatic rings. The summed E-state index contributed by atoms with van der Waals surface area (Å²) in [7, 11) is -3.44. The van der Waals surface area contributed by atoms with E-state index >= 15 is 0 Å². The zero-order valence-corrected chi connectivity index (χ0v) is 10.4. The lowest BCUT2D eigenvalue weighted by Gasteiger charge is -2.13. The van der Waals surface area contributed by atoms with Gasteiger partial charge in [-0.2, -0.15) is 0 Å². The second-order valence-electron chi connectivity index (χ2n) is 3.96. The molecule has 1 atom stereocenters. The first-order valence-electron chi connectivity index (χ1n) is 5.26. The Hall–Kier alpha value is -1.07. The predicted molar refractivity (Wildman–Crippen MR) is 66.6 cm³/mol. The van der Waals surface area contributed by atoms with Crippen LogP contribution in [0.1, 0.15) is 25.8 Å². The van der Waals surface area contributed by atoms with Crippen molar-refractivity contribution in [2.45, 2.75) is 32.1 Å². The minimum Gasteiger partial charge on any atom is -0.383 e. The van der Waals surface area contributed by atoms with Crippen LogP contribution in [-0.2, 0) is 15.8 Å². The van der Waals surface area contributed by atoms with Crippen molar-refractivity contribution in [3.8, 4) is 0 Å². The van der Waals surface area contributed by atoms with Crippen molar-refractivity contribution < 1.29 is 8.42 Å². The number of nitrogens with two attached hydrogens (primary N) is 1. The highest BCUT2D eigenvalue weighted by molar-refractivity contribution is 7.88. The molecule has 0 bridgehead atoms. The lowest BCUT2D eigenvalue weighted by Crippen LogP contribution is -2.15. The van der Waals surface area contributed by atoms with Gasteiger partial charge in [-0.05, 0) is 31.0 Å². The van der Waals surface area contributed by atoms with Gasteiger partial charge in [0.1, 0.15) is 0 Å². The van der Waals surface area contributed by atoms with E-state index in [1.807, 2.05) is 12.1 Å².